The van der Waals surface area contributed by atoms with Crippen molar-refractivity contribution in [2.24, 2.45) is 0 Å². The van der Waals surface area contributed by atoms with E-state index < -0.39 is 100 Å². The first kappa shape index (κ1) is 55.0. The number of nitrogens with zero attached hydrogens (tertiary/aromatic N) is 2. The van der Waals surface area contributed by atoms with E-state index in [0.29, 0.717) is 22.7 Å². The zero-order valence-electron chi connectivity index (χ0n) is 35.5. The number of carboxylic acids is 1. The summed E-state index contributed by atoms with van der Waals surface area (Å²) in [5.41, 5.74) is 2.33. The number of benzene rings is 2. The summed E-state index contributed by atoms with van der Waals surface area (Å²) in [7, 11) is -17.7. The van der Waals surface area contributed by atoms with Crippen molar-refractivity contribution in [3.05, 3.63) is 82.1 Å². The minimum Gasteiger partial charge on any atom is -0.481 e. The Morgan fingerprint density at radius 2 is 1.20 bits per heavy atom. The van der Waals surface area contributed by atoms with E-state index in [9.17, 15) is 62.0 Å². The molecule has 0 saturated heterocycles. The van der Waals surface area contributed by atoms with Crippen LogP contribution in [0.15, 0.2) is 54.3 Å². The number of carbonyl (C=O) groups excluding carboxylic acids is 3. The molecule has 0 heterocycles. The van der Waals surface area contributed by atoms with Crippen LogP contribution >= 0.6 is 0 Å². The molecule has 0 unspecified atom stereocenters. The van der Waals surface area contributed by atoms with Crippen LogP contribution in [0, 0.1) is 13.8 Å². The number of carbonyl (C=O) groups is 4. The molecular formula is C38H54N5O17S4+. The number of hydrogen-bond donors (Lipinski definition) is 8. The fourth-order valence-corrected chi connectivity index (χ4v) is 7.77. The highest BCUT2D eigenvalue weighted by Crippen LogP contribution is 2.29. The van der Waals surface area contributed by atoms with Crippen LogP contribution in [0.3, 0.4) is 0 Å². The monoisotopic (exact) mass is 980 g/mol. The fraction of sp³-hybridized carbons (Fsp3) is 0.447. The van der Waals surface area contributed by atoms with Crippen LogP contribution in [-0.4, -0.2) is 147 Å². The average Bonchev–Trinajstić information content (AvgIpc) is 3.15. The molecule has 8 N–H and O–H groups in total. The Bertz CT molecular complexity index is 2610. The van der Waals surface area contributed by atoms with Crippen LogP contribution < -0.4 is 20.9 Å². The molecule has 0 fully saturated rings. The van der Waals surface area contributed by atoms with Crippen molar-refractivity contribution < 1.29 is 80.7 Å². The van der Waals surface area contributed by atoms with E-state index in [-0.39, 0.29) is 73.3 Å². The van der Waals surface area contributed by atoms with E-state index in [2.05, 4.69) is 16.0 Å². The van der Waals surface area contributed by atoms with Gasteiger partial charge in [-0.2, -0.15) is 38.2 Å². The summed E-state index contributed by atoms with van der Waals surface area (Å²) in [5, 5.41) is 16.1. The zero-order valence-corrected chi connectivity index (χ0v) is 38.7. The molecule has 0 aliphatic carbocycles. The maximum Gasteiger partial charge on any atom is 0.303 e. The van der Waals surface area contributed by atoms with Gasteiger partial charge in [-0.15, -0.1) is 0 Å². The van der Waals surface area contributed by atoms with Crippen molar-refractivity contribution >= 4 is 81.2 Å². The molecule has 2 aromatic rings. The third-order valence-electron chi connectivity index (χ3n) is 9.17. The lowest BCUT2D eigenvalue weighted by Gasteiger charge is -2.29. The largest absolute Gasteiger partial charge is 0.481 e. The molecule has 26 heteroatoms. The number of aryl methyl sites for hydroxylation is 1. The summed E-state index contributed by atoms with van der Waals surface area (Å²) < 4.78 is 131. The Morgan fingerprint density at radius 1 is 0.672 bits per heavy atom. The third-order valence-corrected chi connectivity index (χ3v) is 12.2. The number of anilines is 1. The maximum absolute atomic E-state index is 13.4. The van der Waals surface area contributed by atoms with Gasteiger partial charge >= 0.3 is 5.97 Å². The molecule has 0 aliphatic heterocycles. The lowest BCUT2D eigenvalue weighted by atomic mass is 9.99. The molecular weight excluding hydrogens is 927 g/mol. The van der Waals surface area contributed by atoms with Crippen molar-refractivity contribution in [2.45, 2.75) is 53.4 Å². The van der Waals surface area contributed by atoms with Crippen LogP contribution in [0.2, 0.25) is 0 Å². The summed E-state index contributed by atoms with van der Waals surface area (Å²) >= 11 is 0. The van der Waals surface area contributed by atoms with Gasteiger partial charge in [-0.05, 0) is 69.5 Å². The summed E-state index contributed by atoms with van der Waals surface area (Å²) in [6.45, 7) is 5.49. The molecule has 0 aliphatic rings. The maximum atomic E-state index is 13.4. The number of aliphatic carboxylic acids is 1. The SMILES string of the molecule is CC(=CC=CC(C)=[N+](CCCS(=O)(=O)O)c1ccc(C(=O)NCCCC(=O)O)cc1C)N(CCCS(=O)(=O)O)c1cc(C(=O)NCCS(=O)(=O)O)cc(C(=O)NCCS(=O)(=O)O)c1C. The molecule has 0 radical (unpaired) electrons. The van der Waals surface area contributed by atoms with Gasteiger partial charge in [-0.1, -0.05) is 6.08 Å². The van der Waals surface area contributed by atoms with Crippen molar-refractivity contribution in [3.8, 4) is 0 Å². The molecule has 3 amide bonds. The summed E-state index contributed by atoms with van der Waals surface area (Å²) in [6.07, 6.45) is 4.68. The smallest absolute Gasteiger partial charge is 0.303 e. The minimum atomic E-state index is -4.48. The van der Waals surface area contributed by atoms with Gasteiger partial charge in [0.05, 0.1) is 23.0 Å². The highest BCUT2D eigenvalue weighted by Gasteiger charge is 2.23. The lowest BCUT2D eigenvalue weighted by Crippen LogP contribution is -2.32. The molecule has 0 aromatic heterocycles. The van der Waals surface area contributed by atoms with E-state index in [1.165, 1.54) is 24.0 Å². The second kappa shape index (κ2) is 24.3. The van der Waals surface area contributed by atoms with E-state index >= 15 is 0 Å². The van der Waals surface area contributed by atoms with Crippen LogP contribution in [-0.2, 0) is 45.3 Å². The number of rotatable bonds is 26. The summed E-state index contributed by atoms with van der Waals surface area (Å²) in [6, 6.07) is 7.22. The number of allylic oxidation sites excluding steroid dienone is 4. The Kier molecular flexibility index (Phi) is 20.9. The Morgan fingerprint density at radius 3 is 1.75 bits per heavy atom. The van der Waals surface area contributed by atoms with Gasteiger partial charge in [-0.25, -0.2) is 0 Å². The number of nitrogens with one attached hydrogen (secondary N) is 3. The number of hydrogen-bond acceptors (Lipinski definition) is 13. The van der Waals surface area contributed by atoms with Crippen LogP contribution in [0.1, 0.15) is 81.7 Å². The second-order valence-corrected chi connectivity index (χ2v) is 20.7. The third kappa shape index (κ3) is 20.6. The van der Waals surface area contributed by atoms with Crippen LogP contribution in [0.25, 0.3) is 0 Å². The predicted octanol–water partition coefficient (Wildman–Crippen LogP) is 1.76. The van der Waals surface area contributed by atoms with Gasteiger partial charge in [0.25, 0.3) is 58.2 Å². The van der Waals surface area contributed by atoms with Gasteiger partial charge in [0, 0.05) is 91.7 Å². The van der Waals surface area contributed by atoms with E-state index in [1.807, 2.05) is 0 Å². The molecule has 356 valence electrons. The molecule has 0 spiro atoms. The average molecular weight is 981 g/mol. The first-order valence-corrected chi connectivity index (χ1v) is 25.8. The predicted molar refractivity (Wildman–Crippen MR) is 237 cm³/mol. The van der Waals surface area contributed by atoms with Crippen molar-refractivity contribution in [1.29, 1.82) is 0 Å². The van der Waals surface area contributed by atoms with Crippen molar-refractivity contribution in [2.75, 3.05) is 60.6 Å². The highest BCUT2D eigenvalue weighted by molar-refractivity contribution is 7.86. The molecule has 2 aromatic carbocycles. The Labute approximate surface area is 372 Å². The first-order valence-electron chi connectivity index (χ1n) is 19.3. The molecule has 64 heavy (non-hydrogen) atoms. The van der Waals surface area contributed by atoms with Crippen LogP contribution in [0.5, 0.6) is 0 Å². The lowest BCUT2D eigenvalue weighted by molar-refractivity contribution is -0.440. The highest BCUT2D eigenvalue weighted by atomic mass is 32.2. The Balaban J connectivity index is 2.72. The molecule has 2 rings (SSSR count). The van der Waals surface area contributed by atoms with Crippen LogP contribution in [0.4, 0.5) is 11.4 Å². The van der Waals surface area contributed by atoms with Gasteiger partial charge < -0.3 is 26.0 Å². The summed E-state index contributed by atoms with van der Waals surface area (Å²) in [5.74, 6) is -6.16. The quantitative estimate of drug-likeness (QED) is 0.0219. The molecule has 0 bridgehead atoms. The van der Waals surface area contributed by atoms with E-state index in [1.54, 1.807) is 55.7 Å². The van der Waals surface area contributed by atoms with E-state index in [0.717, 1.165) is 6.07 Å². The number of carboxylic acid groups (broad SMARTS) is 1. The first-order chi connectivity index (χ1) is 29.5. The van der Waals surface area contributed by atoms with E-state index in [4.69, 9.17) is 14.2 Å². The molecule has 0 atom stereocenters. The second-order valence-electron chi connectivity index (χ2n) is 14.4. The topological polar surface area (TPSA) is 348 Å². The Hall–Kier alpha value is -5.09. The van der Waals surface area contributed by atoms with Crippen molar-refractivity contribution in [1.82, 2.24) is 16.0 Å². The minimum absolute atomic E-state index is 0.0175. The zero-order chi connectivity index (χ0) is 48.6. The normalized spacial score (nSPS) is 13.0. The van der Waals surface area contributed by atoms with Gasteiger partial charge in [0.15, 0.2) is 5.71 Å². The fourth-order valence-electron chi connectivity index (χ4n) is 6.06. The van der Waals surface area contributed by atoms with Gasteiger partial charge in [-0.3, -0.25) is 37.4 Å². The number of amides is 3. The molecule has 0 saturated carbocycles. The van der Waals surface area contributed by atoms with Crippen molar-refractivity contribution in [3.63, 3.8) is 0 Å². The van der Waals surface area contributed by atoms with Gasteiger partial charge in [0.2, 0.25) is 5.69 Å². The summed E-state index contributed by atoms with van der Waals surface area (Å²) in [4.78, 5) is 51.8. The standard InChI is InChI=1S/C38H53N5O17S4/c1-26-23-30(36(46)39-14-6-11-35(44)45)12-13-33(26)42(17-7-19-61(49,50)51)27(2)9-5-10-28(3)43(18-8-20-62(52,53)54)34-25-31(37(47)40-15-21-63(55,56)57)24-32(29(34)4)38(48)41-16-22-64(58,59)60/h5,9-10,12-13,23-25H,6-8,11,14-22H2,1-4H3,(H7-,39,40,41,44,45,46,47,48,49,50,51,52,53,54,55,56,57,58,59,60)/p+1. The van der Waals surface area contributed by atoms with Gasteiger partial charge in [0.1, 0.15) is 6.54 Å². The molecule has 22 nitrogen and oxygen atoms in total.